The fourth-order valence-electron chi connectivity index (χ4n) is 1.41. The van der Waals surface area contributed by atoms with E-state index in [1.807, 2.05) is 4.90 Å². The van der Waals surface area contributed by atoms with E-state index in [-0.39, 0.29) is 11.9 Å². The summed E-state index contributed by atoms with van der Waals surface area (Å²) >= 11 is 5.82. The van der Waals surface area contributed by atoms with Crippen molar-refractivity contribution in [1.82, 2.24) is 4.90 Å². The molecule has 0 N–H and O–H groups in total. The molecule has 5 heteroatoms. The van der Waals surface area contributed by atoms with Gasteiger partial charge < -0.3 is 4.90 Å². The molecule has 0 bridgehead atoms. The fourth-order valence-corrected chi connectivity index (χ4v) is 1.61. The van der Waals surface area contributed by atoms with Crippen LogP contribution in [0.5, 0.6) is 0 Å². The topological polar surface area (TPSA) is 3.24 Å². The second-order valence-electron chi connectivity index (χ2n) is 3.38. The predicted octanol–water partition coefficient (Wildman–Crippen LogP) is 2.64. The van der Waals surface area contributed by atoms with Crippen LogP contribution in [-0.4, -0.2) is 36.1 Å². The van der Waals surface area contributed by atoms with Gasteiger partial charge in [-0.05, 0) is 25.9 Å². The first-order valence-corrected chi connectivity index (χ1v) is 4.84. The van der Waals surface area contributed by atoms with Gasteiger partial charge in [0, 0.05) is 11.9 Å². The zero-order valence-corrected chi connectivity index (χ0v) is 8.03. The Hall–Kier alpha value is 0.0400. The minimum atomic E-state index is -4.03. The van der Waals surface area contributed by atoms with E-state index in [1.165, 1.54) is 0 Å². The average molecular weight is 216 g/mol. The third-order valence-corrected chi connectivity index (χ3v) is 2.67. The molecule has 0 aromatic heterocycles. The van der Waals surface area contributed by atoms with Gasteiger partial charge in [0.1, 0.15) is 0 Å². The van der Waals surface area contributed by atoms with Gasteiger partial charge >= 0.3 is 6.18 Å². The summed E-state index contributed by atoms with van der Waals surface area (Å²) < 4.78 is 35.5. The van der Waals surface area contributed by atoms with Crippen molar-refractivity contribution in [2.45, 2.75) is 30.8 Å². The van der Waals surface area contributed by atoms with Gasteiger partial charge in [-0.15, -0.1) is 11.6 Å². The Morgan fingerprint density at radius 2 is 1.77 bits per heavy atom. The third-order valence-electron chi connectivity index (χ3n) is 2.23. The number of rotatable bonds is 2. The second-order valence-corrected chi connectivity index (χ2v) is 4.00. The molecule has 0 atom stereocenters. The Kier molecular flexibility index (Phi) is 3.86. The van der Waals surface area contributed by atoms with E-state index in [2.05, 4.69) is 0 Å². The van der Waals surface area contributed by atoms with Crippen molar-refractivity contribution in [3.63, 3.8) is 0 Å². The molecule has 0 radical (unpaired) electrons. The van der Waals surface area contributed by atoms with Gasteiger partial charge in [-0.25, -0.2) is 0 Å². The molecule has 0 aliphatic carbocycles. The fraction of sp³-hybridized carbons (Fsp3) is 1.00. The van der Waals surface area contributed by atoms with Gasteiger partial charge in [-0.2, -0.15) is 13.2 Å². The van der Waals surface area contributed by atoms with E-state index in [0.29, 0.717) is 13.1 Å². The molecule has 0 spiro atoms. The monoisotopic (exact) mass is 215 g/mol. The van der Waals surface area contributed by atoms with E-state index in [4.69, 9.17) is 11.6 Å². The molecule has 0 amide bonds. The van der Waals surface area contributed by atoms with Gasteiger partial charge in [-0.1, -0.05) is 0 Å². The van der Waals surface area contributed by atoms with Crippen molar-refractivity contribution in [3.8, 4) is 0 Å². The number of nitrogens with zero attached hydrogens (tertiary/aromatic N) is 1. The Balaban J connectivity index is 2.16. The first-order valence-electron chi connectivity index (χ1n) is 4.40. The highest BCUT2D eigenvalue weighted by atomic mass is 35.5. The maximum Gasteiger partial charge on any atom is 0.390 e. The van der Waals surface area contributed by atoms with Crippen LogP contribution in [-0.2, 0) is 0 Å². The molecule has 1 nitrogen and oxygen atoms in total. The van der Waals surface area contributed by atoms with Gasteiger partial charge in [0.2, 0.25) is 0 Å². The standard InChI is InChI=1S/C8H13ClF3N/c9-7-1-4-13(5-2-7)6-3-8(10,11)12/h7H,1-6H2. The smallest absolute Gasteiger partial charge is 0.303 e. The minimum absolute atomic E-state index is 0.118. The Morgan fingerprint density at radius 3 is 2.23 bits per heavy atom. The largest absolute Gasteiger partial charge is 0.390 e. The number of hydrogen-bond donors (Lipinski definition) is 0. The zero-order valence-electron chi connectivity index (χ0n) is 7.28. The Morgan fingerprint density at radius 1 is 1.23 bits per heavy atom. The molecular formula is C8H13ClF3N. The van der Waals surface area contributed by atoms with Gasteiger partial charge in [0.25, 0.3) is 0 Å². The molecule has 1 rings (SSSR count). The van der Waals surface area contributed by atoms with Crippen LogP contribution < -0.4 is 0 Å². The summed E-state index contributed by atoms with van der Waals surface area (Å²) in [6.45, 7) is 1.52. The summed E-state index contributed by atoms with van der Waals surface area (Å²) in [6, 6.07) is 0. The molecule has 1 fully saturated rings. The predicted molar refractivity (Wildman–Crippen MR) is 46.0 cm³/mol. The van der Waals surface area contributed by atoms with Gasteiger partial charge in [0.05, 0.1) is 6.42 Å². The summed E-state index contributed by atoms with van der Waals surface area (Å²) in [4.78, 5) is 1.83. The average Bonchev–Trinajstić information content (AvgIpc) is 2.02. The molecule has 1 aliphatic rings. The highest BCUT2D eigenvalue weighted by molar-refractivity contribution is 6.20. The van der Waals surface area contributed by atoms with Crippen LogP contribution in [0.4, 0.5) is 13.2 Å². The van der Waals surface area contributed by atoms with Gasteiger partial charge in [0.15, 0.2) is 0 Å². The van der Waals surface area contributed by atoms with Crippen molar-refractivity contribution in [2.24, 2.45) is 0 Å². The van der Waals surface area contributed by atoms with E-state index in [9.17, 15) is 13.2 Å². The van der Waals surface area contributed by atoms with Crippen LogP contribution in [0.1, 0.15) is 19.3 Å². The van der Waals surface area contributed by atoms with Crippen molar-refractivity contribution in [3.05, 3.63) is 0 Å². The number of hydrogen-bond acceptors (Lipinski definition) is 1. The third kappa shape index (κ3) is 4.72. The van der Waals surface area contributed by atoms with Crippen LogP contribution in [0.2, 0.25) is 0 Å². The normalized spacial score (nSPS) is 22.2. The molecule has 13 heavy (non-hydrogen) atoms. The lowest BCUT2D eigenvalue weighted by molar-refractivity contribution is -0.138. The first-order chi connectivity index (χ1) is 5.97. The van der Waals surface area contributed by atoms with Crippen LogP contribution in [0.25, 0.3) is 0 Å². The van der Waals surface area contributed by atoms with Crippen LogP contribution in [0, 0.1) is 0 Å². The van der Waals surface area contributed by atoms with Crippen LogP contribution in [0.15, 0.2) is 0 Å². The summed E-state index contributed by atoms with van der Waals surface area (Å²) in [5.74, 6) is 0. The van der Waals surface area contributed by atoms with Crippen molar-refractivity contribution < 1.29 is 13.2 Å². The summed E-state index contributed by atoms with van der Waals surface area (Å²) in [5.41, 5.74) is 0. The Labute approximate surface area is 80.8 Å². The van der Waals surface area contributed by atoms with Crippen molar-refractivity contribution >= 4 is 11.6 Å². The summed E-state index contributed by atoms with van der Waals surface area (Å²) in [6.07, 6.45) is -3.13. The molecule has 1 saturated heterocycles. The molecule has 1 heterocycles. The molecule has 0 aromatic rings. The molecule has 78 valence electrons. The number of alkyl halides is 4. The quantitative estimate of drug-likeness (QED) is 0.640. The number of piperidine rings is 1. The van der Waals surface area contributed by atoms with Crippen LogP contribution in [0.3, 0.4) is 0 Å². The zero-order chi connectivity index (χ0) is 9.90. The Bertz CT molecular complexity index is 152. The first kappa shape index (κ1) is 11.1. The SMILES string of the molecule is FC(F)(F)CCN1CCC(Cl)CC1. The lowest BCUT2D eigenvalue weighted by Crippen LogP contribution is -2.36. The molecule has 0 unspecified atom stereocenters. The van der Waals surface area contributed by atoms with Crippen LogP contribution >= 0.6 is 11.6 Å². The van der Waals surface area contributed by atoms with Crippen molar-refractivity contribution in [2.75, 3.05) is 19.6 Å². The lowest BCUT2D eigenvalue weighted by atomic mass is 10.1. The number of halogens is 4. The number of likely N-dealkylation sites (tertiary alicyclic amines) is 1. The maximum absolute atomic E-state index is 11.8. The molecule has 0 saturated carbocycles. The van der Waals surface area contributed by atoms with E-state index in [0.717, 1.165) is 12.8 Å². The molecule has 0 aromatic carbocycles. The van der Waals surface area contributed by atoms with E-state index < -0.39 is 12.6 Å². The minimum Gasteiger partial charge on any atom is -0.303 e. The summed E-state index contributed by atoms with van der Waals surface area (Å²) in [5, 5.41) is 0.155. The van der Waals surface area contributed by atoms with Crippen molar-refractivity contribution in [1.29, 1.82) is 0 Å². The van der Waals surface area contributed by atoms with Gasteiger partial charge in [-0.3, -0.25) is 0 Å². The lowest BCUT2D eigenvalue weighted by Gasteiger charge is -2.29. The van der Waals surface area contributed by atoms with E-state index >= 15 is 0 Å². The van der Waals surface area contributed by atoms with E-state index in [1.54, 1.807) is 0 Å². The molecular weight excluding hydrogens is 203 g/mol. The second kappa shape index (κ2) is 4.51. The summed E-state index contributed by atoms with van der Waals surface area (Å²) in [7, 11) is 0. The maximum atomic E-state index is 11.8. The molecule has 1 aliphatic heterocycles. The highest BCUT2D eigenvalue weighted by Crippen LogP contribution is 2.22. The highest BCUT2D eigenvalue weighted by Gasteiger charge is 2.28.